The molecule has 2 heterocycles. The van der Waals surface area contributed by atoms with Crippen LogP contribution < -0.4 is 0 Å². The average molecular weight is 285 g/mol. The number of aromatic carboxylic acids is 1. The fourth-order valence-electron chi connectivity index (χ4n) is 2.77. The van der Waals surface area contributed by atoms with Gasteiger partial charge in [-0.05, 0) is 31.0 Å². The summed E-state index contributed by atoms with van der Waals surface area (Å²) in [7, 11) is 0. The van der Waals surface area contributed by atoms with E-state index in [4.69, 9.17) is 5.11 Å². The molecule has 0 bridgehead atoms. The first-order valence-corrected chi connectivity index (χ1v) is 7.28. The fourth-order valence-corrected chi connectivity index (χ4v) is 2.77. The molecule has 0 amide bonds. The molecule has 1 aliphatic heterocycles. The molecular weight excluding hydrogens is 266 g/mol. The van der Waals surface area contributed by atoms with E-state index in [2.05, 4.69) is 34.3 Å². The zero-order valence-electron chi connectivity index (χ0n) is 11.9. The smallest absolute Gasteiger partial charge is 0.356 e. The maximum atomic E-state index is 10.9. The number of carboxylic acids is 1. The average Bonchev–Trinajstić information content (AvgIpc) is 2.92. The Morgan fingerprint density at radius 1 is 1.24 bits per heavy atom. The number of aryl methyl sites for hydroxylation is 1. The van der Waals surface area contributed by atoms with Gasteiger partial charge in [-0.25, -0.2) is 4.79 Å². The quantitative estimate of drug-likeness (QED) is 0.913. The summed E-state index contributed by atoms with van der Waals surface area (Å²) in [6.45, 7) is 3.52. The summed E-state index contributed by atoms with van der Waals surface area (Å²) in [5.41, 5.74) is 2.52. The molecule has 0 saturated carbocycles. The monoisotopic (exact) mass is 285 g/mol. The predicted octanol–water partition coefficient (Wildman–Crippen LogP) is 2.03. The van der Waals surface area contributed by atoms with Crippen molar-refractivity contribution < 1.29 is 9.90 Å². The van der Waals surface area contributed by atoms with E-state index in [9.17, 15) is 4.79 Å². The SMILES string of the molecule is O=C(O)c1cc2n(n1)CCN(CCCc1ccccc1)C2. The van der Waals surface area contributed by atoms with Gasteiger partial charge in [-0.1, -0.05) is 30.3 Å². The van der Waals surface area contributed by atoms with Gasteiger partial charge in [0.25, 0.3) is 0 Å². The number of hydrogen-bond donors (Lipinski definition) is 1. The van der Waals surface area contributed by atoms with Gasteiger partial charge < -0.3 is 5.11 Å². The van der Waals surface area contributed by atoms with E-state index in [-0.39, 0.29) is 5.69 Å². The molecule has 0 fully saturated rings. The predicted molar refractivity (Wildman–Crippen MR) is 79.2 cm³/mol. The zero-order chi connectivity index (χ0) is 14.7. The van der Waals surface area contributed by atoms with Crippen LogP contribution in [0.2, 0.25) is 0 Å². The highest BCUT2D eigenvalue weighted by Gasteiger charge is 2.20. The second-order valence-electron chi connectivity index (χ2n) is 5.41. The Kier molecular flexibility index (Phi) is 4.01. The number of benzene rings is 1. The highest BCUT2D eigenvalue weighted by Crippen LogP contribution is 2.14. The Bertz CT molecular complexity index is 622. The molecule has 1 aliphatic rings. The minimum Gasteiger partial charge on any atom is -0.476 e. The van der Waals surface area contributed by atoms with Crippen molar-refractivity contribution in [2.75, 3.05) is 13.1 Å². The van der Waals surface area contributed by atoms with Crippen molar-refractivity contribution in [2.24, 2.45) is 0 Å². The molecule has 1 N–H and O–H groups in total. The van der Waals surface area contributed by atoms with Crippen LogP contribution in [0.5, 0.6) is 0 Å². The van der Waals surface area contributed by atoms with Crippen molar-refractivity contribution in [3.63, 3.8) is 0 Å². The molecule has 0 radical (unpaired) electrons. The fraction of sp³-hybridized carbons (Fsp3) is 0.375. The molecule has 0 atom stereocenters. The summed E-state index contributed by atoms with van der Waals surface area (Å²) in [4.78, 5) is 13.3. The summed E-state index contributed by atoms with van der Waals surface area (Å²) in [5.74, 6) is -0.951. The first-order chi connectivity index (χ1) is 10.2. The Balaban J connectivity index is 1.53. The summed E-state index contributed by atoms with van der Waals surface area (Å²) in [6.07, 6.45) is 2.20. The van der Waals surface area contributed by atoms with Crippen LogP contribution in [0, 0.1) is 0 Å². The number of carbonyl (C=O) groups is 1. The summed E-state index contributed by atoms with van der Waals surface area (Å²) in [6, 6.07) is 12.2. The van der Waals surface area contributed by atoms with Crippen LogP contribution >= 0.6 is 0 Å². The maximum Gasteiger partial charge on any atom is 0.356 e. The second-order valence-corrected chi connectivity index (χ2v) is 5.41. The molecule has 0 spiro atoms. The summed E-state index contributed by atoms with van der Waals surface area (Å²) >= 11 is 0. The van der Waals surface area contributed by atoms with Gasteiger partial charge in [0, 0.05) is 13.1 Å². The van der Waals surface area contributed by atoms with E-state index >= 15 is 0 Å². The van der Waals surface area contributed by atoms with Crippen LogP contribution in [0.25, 0.3) is 0 Å². The summed E-state index contributed by atoms with van der Waals surface area (Å²) < 4.78 is 1.82. The highest BCUT2D eigenvalue weighted by molar-refractivity contribution is 5.85. The molecule has 2 aromatic rings. The lowest BCUT2D eigenvalue weighted by Gasteiger charge is -2.27. The third-order valence-electron chi connectivity index (χ3n) is 3.88. The number of nitrogens with zero attached hydrogens (tertiary/aromatic N) is 3. The van der Waals surface area contributed by atoms with Crippen LogP contribution in [-0.2, 0) is 19.5 Å². The molecule has 0 saturated heterocycles. The molecule has 1 aromatic heterocycles. The molecule has 3 rings (SSSR count). The zero-order valence-corrected chi connectivity index (χ0v) is 11.9. The number of hydrogen-bond acceptors (Lipinski definition) is 3. The number of carboxylic acid groups (broad SMARTS) is 1. The Morgan fingerprint density at radius 2 is 2.05 bits per heavy atom. The van der Waals surface area contributed by atoms with Gasteiger partial charge in [0.15, 0.2) is 5.69 Å². The molecule has 5 heteroatoms. The Hall–Kier alpha value is -2.14. The van der Waals surface area contributed by atoms with E-state index in [0.717, 1.165) is 44.7 Å². The van der Waals surface area contributed by atoms with Gasteiger partial charge in [-0.15, -0.1) is 0 Å². The van der Waals surface area contributed by atoms with Crippen LogP contribution in [0.1, 0.15) is 28.2 Å². The van der Waals surface area contributed by atoms with Crippen LogP contribution in [0.4, 0.5) is 0 Å². The maximum absolute atomic E-state index is 10.9. The molecule has 21 heavy (non-hydrogen) atoms. The van der Waals surface area contributed by atoms with E-state index in [1.165, 1.54) is 5.56 Å². The third kappa shape index (κ3) is 3.31. The van der Waals surface area contributed by atoms with Crippen LogP contribution in [-0.4, -0.2) is 38.8 Å². The lowest BCUT2D eigenvalue weighted by molar-refractivity contribution is 0.0689. The molecule has 110 valence electrons. The lowest BCUT2D eigenvalue weighted by Crippen LogP contribution is -2.34. The largest absolute Gasteiger partial charge is 0.476 e. The Morgan fingerprint density at radius 3 is 2.81 bits per heavy atom. The first kappa shape index (κ1) is 13.8. The van der Waals surface area contributed by atoms with E-state index < -0.39 is 5.97 Å². The third-order valence-corrected chi connectivity index (χ3v) is 3.88. The van der Waals surface area contributed by atoms with Gasteiger partial charge >= 0.3 is 5.97 Å². The number of rotatable bonds is 5. The highest BCUT2D eigenvalue weighted by atomic mass is 16.4. The summed E-state index contributed by atoms with van der Waals surface area (Å²) in [5, 5.41) is 13.1. The van der Waals surface area contributed by atoms with Gasteiger partial charge in [0.1, 0.15) is 0 Å². The molecular formula is C16H19N3O2. The minimum absolute atomic E-state index is 0.149. The van der Waals surface area contributed by atoms with Crippen molar-refractivity contribution in [1.29, 1.82) is 0 Å². The van der Waals surface area contributed by atoms with Gasteiger partial charge in [-0.3, -0.25) is 9.58 Å². The van der Waals surface area contributed by atoms with Crippen molar-refractivity contribution in [3.8, 4) is 0 Å². The Labute approximate surface area is 123 Å². The second kappa shape index (κ2) is 6.10. The van der Waals surface area contributed by atoms with Crippen molar-refractivity contribution in [3.05, 3.63) is 53.3 Å². The molecule has 0 aliphatic carbocycles. The van der Waals surface area contributed by atoms with Crippen molar-refractivity contribution in [2.45, 2.75) is 25.9 Å². The molecule has 5 nitrogen and oxygen atoms in total. The van der Waals surface area contributed by atoms with Crippen LogP contribution in [0.15, 0.2) is 36.4 Å². The number of fused-ring (bicyclic) bond motifs is 1. The van der Waals surface area contributed by atoms with Gasteiger partial charge in [-0.2, -0.15) is 5.10 Å². The van der Waals surface area contributed by atoms with Gasteiger partial charge in [0.05, 0.1) is 12.2 Å². The first-order valence-electron chi connectivity index (χ1n) is 7.28. The molecule has 1 aromatic carbocycles. The van der Waals surface area contributed by atoms with E-state index in [1.807, 2.05) is 10.7 Å². The molecule has 0 unspecified atom stereocenters. The van der Waals surface area contributed by atoms with E-state index in [0.29, 0.717) is 0 Å². The normalized spacial score (nSPS) is 14.9. The lowest BCUT2D eigenvalue weighted by atomic mass is 10.1. The van der Waals surface area contributed by atoms with Crippen molar-refractivity contribution in [1.82, 2.24) is 14.7 Å². The topological polar surface area (TPSA) is 58.4 Å². The minimum atomic E-state index is -0.951. The van der Waals surface area contributed by atoms with Gasteiger partial charge in [0.2, 0.25) is 0 Å². The number of aromatic nitrogens is 2. The van der Waals surface area contributed by atoms with E-state index in [1.54, 1.807) is 6.07 Å². The van der Waals surface area contributed by atoms with Crippen LogP contribution in [0.3, 0.4) is 0 Å². The standard InChI is InChI=1S/C16H19N3O2/c20-16(21)15-11-14-12-18(9-10-19(14)17-15)8-4-7-13-5-2-1-3-6-13/h1-3,5-6,11H,4,7-10,12H2,(H,20,21). The van der Waals surface area contributed by atoms with Crippen molar-refractivity contribution >= 4 is 5.97 Å².